The molecule has 154 valence electrons. The zero-order valence-electron chi connectivity index (χ0n) is 16.6. The maximum atomic E-state index is 14.8. The first-order valence-corrected chi connectivity index (χ1v) is 9.77. The van der Waals surface area contributed by atoms with Crippen molar-refractivity contribution in [3.63, 3.8) is 0 Å². The van der Waals surface area contributed by atoms with E-state index in [0.717, 1.165) is 24.3 Å². The van der Waals surface area contributed by atoms with Gasteiger partial charge in [-0.05, 0) is 44.2 Å². The predicted molar refractivity (Wildman–Crippen MR) is 101 cm³/mol. The molecule has 0 unspecified atom stereocenters. The Bertz CT molecular complexity index is 877. The molecule has 0 radical (unpaired) electrons. The molecule has 2 fully saturated rings. The molecule has 0 spiro atoms. The normalized spacial score (nSPS) is 32.4. The summed E-state index contributed by atoms with van der Waals surface area (Å²) in [5.41, 5.74) is -2.58. The molecule has 1 saturated carbocycles. The molecule has 1 aliphatic heterocycles. The van der Waals surface area contributed by atoms with E-state index in [2.05, 4.69) is 0 Å². The minimum Gasteiger partial charge on any atom is -0.298 e. The number of halogens is 4. The summed E-state index contributed by atoms with van der Waals surface area (Å²) < 4.78 is 59.2. The number of nitrogens with zero attached hydrogens (tertiary/aromatic N) is 1. The molecule has 0 amide bonds. The lowest BCUT2D eigenvalue weighted by molar-refractivity contribution is -0.169. The number of ketones is 1. The predicted octanol–water partition coefficient (Wildman–Crippen LogP) is 5.74. The molecular formula is C23H23F4NO. The van der Waals surface area contributed by atoms with Crippen molar-refractivity contribution in [2.45, 2.75) is 45.2 Å². The van der Waals surface area contributed by atoms with E-state index in [0.29, 0.717) is 19.3 Å². The van der Waals surface area contributed by atoms with E-state index in [1.807, 2.05) is 0 Å². The molecule has 2 aromatic rings. The highest BCUT2D eigenvalue weighted by Gasteiger charge is 2.63. The number of carbonyl (C=O) groups excluding carboxylic acids is 1. The van der Waals surface area contributed by atoms with Crippen LogP contribution in [0.5, 0.6) is 0 Å². The molecule has 2 aromatic carbocycles. The summed E-state index contributed by atoms with van der Waals surface area (Å²) in [6.45, 7) is 3.43. The number of hydrogen-bond acceptors (Lipinski definition) is 2. The van der Waals surface area contributed by atoms with Gasteiger partial charge in [0.25, 0.3) is 0 Å². The molecular weight excluding hydrogens is 382 g/mol. The summed E-state index contributed by atoms with van der Waals surface area (Å²) in [6.07, 6.45) is 1.54. The van der Waals surface area contributed by atoms with E-state index in [9.17, 15) is 22.4 Å². The van der Waals surface area contributed by atoms with Gasteiger partial charge in [0.1, 0.15) is 29.1 Å². The molecule has 1 aliphatic carbocycles. The number of fused-ring (bicyclic) bond motifs is 2. The molecule has 2 bridgehead atoms. The number of carbonyl (C=O) groups is 1. The third-order valence-electron chi connectivity index (χ3n) is 7.00. The summed E-state index contributed by atoms with van der Waals surface area (Å²) in [4.78, 5) is 15.3. The van der Waals surface area contributed by atoms with E-state index in [1.165, 1.54) is 12.1 Å². The van der Waals surface area contributed by atoms with Crippen LogP contribution >= 0.6 is 0 Å². The van der Waals surface area contributed by atoms with Crippen LogP contribution in [0.2, 0.25) is 0 Å². The van der Waals surface area contributed by atoms with Crippen LogP contribution in [-0.4, -0.2) is 17.7 Å². The molecule has 1 saturated heterocycles. The molecule has 0 aromatic heterocycles. The van der Waals surface area contributed by atoms with E-state index >= 15 is 0 Å². The Balaban J connectivity index is 2.00. The summed E-state index contributed by atoms with van der Waals surface area (Å²) in [5, 5.41) is 0. The van der Waals surface area contributed by atoms with Crippen molar-refractivity contribution in [1.82, 2.24) is 4.90 Å². The number of rotatable bonds is 2. The van der Waals surface area contributed by atoms with Gasteiger partial charge >= 0.3 is 0 Å². The zero-order chi connectivity index (χ0) is 21.1. The minimum absolute atomic E-state index is 0.199. The molecule has 29 heavy (non-hydrogen) atoms. The van der Waals surface area contributed by atoms with Crippen molar-refractivity contribution in [2.75, 3.05) is 7.05 Å². The first-order valence-electron chi connectivity index (χ1n) is 9.77. The molecule has 0 N–H and O–H groups in total. The standard InChI is InChI=1S/C23H23F4NO/c1-22-11-6-12-23(2,21(22)29)20(18-15(26)9-5-10-16(18)27)28(3)19(22)17-13(24)7-4-8-14(17)25/h4-5,7-10,19-20H,6,11-12H2,1-3H3/t19-,20+,22-,23+. The Morgan fingerprint density at radius 2 is 1.14 bits per heavy atom. The second-order valence-corrected chi connectivity index (χ2v) is 8.76. The molecule has 4 rings (SSSR count). The Morgan fingerprint density at radius 3 is 1.48 bits per heavy atom. The molecule has 2 aliphatic rings. The van der Waals surface area contributed by atoms with Gasteiger partial charge in [-0.15, -0.1) is 0 Å². The summed E-state index contributed by atoms with van der Waals surface area (Å²) in [5.74, 6) is -3.26. The fraction of sp³-hybridized carbons (Fsp3) is 0.435. The minimum atomic E-state index is -1.07. The highest BCUT2D eigenvalue weighted by molar-refractivity contribution is 5.93. The van der Waals surface area contributed by atoms with Crippen molar-refractivity contribution in [3.05, 3.63) is 70.8 Å². The highest BCUT2D eigenvalue weighted by Crippen LogP contribution is 2.63. The van der Waals surface area contributed by atoms with Gasteiger partial charge < -0.3 is 0 Å². The van der Waals surface area contributed by atoms with Crippen LogP contribution in [0.3, 0.4) is 0 Å². The Hall–Kier alpha value is -2.21. The van der Waals surface area contributed by atoms with Gasteiger partial charge in [0.2, 0.25) is 0 Å². The van der Waals surface area contributed by atoms with Gasteiger partial charge in [0, 0.05) is 22.0 Å². The number of Topliss-reactive ketones (excluding diaryl/α,β-unsaturated/α-hetero) is 1. The summed E-state index contributed by atoms with van der Waals surface area (Å²) in [7, 11) is 1.60. The first kappa shape index (κ1) is 20.1. The van der Waals surface area contributed by atoms with Gasteiger partial charge in [0.05, 0.1) is 12.1 Å². The first-order chi connectivity index (χ1) is 13.6. The van der Waals surface area contributed by atoms with Gasteiger partial charge in [-0.1, -0.05) is 32.4 Å². The average molecular weight is 405 g/mol. The van der Waals surface area contributed by atoms with Crippen LogP contribution in [0.4, 0.5) is 17.6 Å². The monoisotopic (exact) mass is 405 g/mol. The number of benzene rings is 2. The largest absolute Gasteiger partial charge is 0.298 e. The maximum absolute atomic E-state index is 14.8. The fourth-order valence-electron chi connectivity index (χ4n) is 5.86. The van der Waals surface area contributed by atoms with Crippen LogP contribution in [0, 0.1) is 34.1 Å². The fourth-order valence-corrected chi connectivity index (χ4v) is 5.86. The topological polar surface area (TPSA) is 20.3 Å². The second-order valence-electron chi connectivity index (χ2n) is 8.76. The summed E-state index contributed by atoms with van der Waals surface area (Å²) >= 11 is 0. The third-order valence-corrected chi connectivity index (χ3v) is 7.00. The van der Waals surface area contributed by atoms with Gasteiger partial charge in [0.15, 0.2) is 0 Å². The quantitative estimate of drug-likeness (QED) is 0.594. The van der Waals surface area contributed by atoms with E-state index in [-0.39, 0.29) is 16.9 Å². The Morgan fingerprint density at radius 1 is 0.793 bits per heavy atom. The summed E-state index contributed by atoms with van der Waals surface area (Å²) in [6, 6.07) is 5.16. The lowest BCUT2D eigenvalue weighted by Crippen LogP contribution is -2.62. The number of likely N-dealkylation sites (tertiary alicyclic amines) is 1. The van der Waals surface area contributed by atoms with Crippen LogP contribution in [0.15, 0.2) is 36.4 Å². The van der Waals surface area contributed by atoms with Crippen molar-refractivity contribution in [2.24, 2.45) is 10.8 Å². The molecule has 4 atom stereocenters. The van der Waals surface area contributed by atoms with E-state index in [1.54, 1.807) is 25.8 Å². The van der Waals surface area contributed by atoms with Gasteiger partial charge in [-0.2, -0.15) is 0 Å². The van der Waals surface area contributed by atoms with E-state index < -0.39 is 46.2 Å². The van der Waals surface area contributed by atoms with Gasteiger partial charge in [-0.3, -0.25) is 9.69 Å². The smallest absolute Gasteiger partial charge is 0.148 e. The average Bonchev–Trinajstić information content (AvgIpc) is 2.64. The Kier molecular flexibility index (Phi) is 4.61. The van der Waals surface area contributed by atoms with Crippen molar-refractivity contribution >= 4 is 5.78 Å². The van der Waals surface area contributed by atoms with Crippen molar-refractivity contribution < 1.29 is 22.4 Å². The van der Waals surface area contributed by atoms with E-state index in [4.69, 9.17) is 0 Å². The SMILES string of the molecule is CN1[C@@H](c2c(F)cccc2F)[C@]2(C)CCC[C@@](C)(C2=O)[C@H]1c1c(F)cccc1F. The van der Waals surface area contributed by atoms with Crippen molar-refractivity contribution in [3.8, 4) is 0 Å². The highest BCUT2D eigenvalue weighted by atomic mass is 19.1. The third kappa shape index (κ3) is 2.68. The van der Waals surface area contributed by atoms with Crippen LogP contribution in [0.1, 0.15) is 56.3 Å². The van der Waals surface area contributed by atoms with Crippen molar-refractivity contribution in [1.29, 1.82) is 0 Å². The maximum Gasteiger partial charge on any atom is 0.148 e. The van der Waals surface area contributed by atoms with Gasteiger partial charge in [-0.25, -0.2) is 17.6 Å². The number of hydrogen-bond donors (Lipinski definition) is 0. The molecule has 1 heterocycles. The second kappa shape index (κ2) is 6.66. The van der Waals surface area contributed by atoms with Crippen LogP contribution in [-0.2, 0) is 4.79 Å². The zero-order valence-corrected chi connectivity index (χ0v) is 16.6. The van der Waals surface area contributed by atoms with Crippen LogP contribution in [0.25, 0.3) is 0 Å². The van der Waals surface area contributed by atoms with Crippen LogP contribution < -0.4 is 0 Å². The molecule has 6 heteroatoms. The number of piperidine rings is 1. The Labute approximate surface area is 167 Å². The lowest BCUT2D eigenvalue weighted by atomic mass is 9.52. The molecule has 2 nitrogen and oxygen atoms in total. The lowest BCUT2D eigenvalue weighted by Gasteiger charge is -2.60.